The fourth-order valence-electron chi connectivity index (χ4n) is 3.65. The van der Waals surface area contributed by atoms with Crippen molar-refractivity contribution in [1.29, 1.82) is 0 Å². The molecule has 4 nitrogen and oxygen atoms in total. The van der Waals surface area contributed by atoms with Gasteiger partial charge in [-0.15, -0.1) is 0 Å². The van der Waals surface area contributed by atoms with Crippen molar-refractivity contribution >= 4 is 0 Å². The van der Waals surface area contributed by atoms with Gasteiger partial charge in [0.15, 0.2) is 0 Å². The van der Waals surface area contributed by atoms with Crippen molar-refractivity contribution in [3.05, 3.63) is 0 Å². The zero-order valence-corrected chi connectivity index (χ0v) is 11.4. The molecular weight excluding hydrogens is 216 g/mol. The van der Waals surface area contributed by atoms with E-state index in [-0.39, 0.29) is 12.0 Å². The van der Waals surface area contributed by atoms with Gasteiger partial charge in [0.25, 0.3) is 0 Å². The normalized spacial score (nSPS) is 31.2. The van der Waals surface area contributed by atoms with Gasteiger partial charge < -0.3 is 19.6 Å². The Bertz CT molecular complexity index is 248. The van der Waals surface area contributed by atoms with E-state index in [2.05, 4.69) is 30.9 Å². The first-order chi connectivity index (χ1) is 8.09. The molecule has 2 rings (SSSR count). The summed E-state index contributed by atoms with van der Waals surface area (Å²) in [5.74, 6) is 0.653. The summed E-state index contributed by atoms with van der Waals surface area (Å²) < 4.78 is 5.38. The third kappa shape index (κ3) is 2.50. The zero-order chi connectivity index (χ0) is 12.5. The van der Waals surface area contributed by atoms with Crippen LogP contribution in [0.15, 0.2) is 0 Å². The average molecular weight is 242 g/mol. The topological polar surface area (TPSA) is 35.9 Å². The molecule has 0 saturated carbocycles. The van der Waals surface area contributed by atoms with E-state index in [1.807, 2.05) is 0 Å². The van der Waals surface area contributed by atoms with Gasteiger partial charge in [-0.25, -0.2) is 0 Å². The summed E-state index contributed by atoms with van der Waals surface area (Å²) >= 11 is 0. The third-order valence-corrected chi connectivity index (χ3v) is 4.39. The number of aliphatic hydroxyl groups is 1. The van der Waals surface area contributed by atoms with Gasteiger partial charge in [-0.1, -0.05) is 0 Å². The lowest BCUT2D eigenvalue weighted by atomic mass is 9.70. The molecule has 0 amide bonds. The highest BCUT2D eigenvalue weighted by molar-refractivity contribution is 5.00. The quantitative estimate of drug-likeness (QED) is 0.767. The van der Waals surface area contributed by atoms with Crippen molar-refractivity contribution in [3.63, 3.8) is 0 Å². The first-order valence-electron chi connectivity index (χ1n) is 6.63. The molecule has 100 valence electrons. The summed E-state index contributed by atoms with van der Waals surface area (Å²) in [5.41, 5.74) is -0.0215. The Morgan fingerprint density at radius 2 is 2.18 bits per heavy atom. The summed E-state index contributed by atoms with van der Waals surface area (Å²) in [6.07, 6.45) is 2.54. The molecule has 2 saturated heterocycles. The molecule has 0 aromatic heterocycles. The number of likely N-dealkylation sites (tertiary alicyclic amines) is 1. The second-order valence-corrected chi connectivity index (χ2v) is 6.09. The average Bonchev–Trinajstić information content (AvgIpc) is 2.22. The van der Waals surface area contributed by atoms with E-state index in [4.69, 9.17) is 4.74 Å². The van der Waals surface area contributed by atoms with E-state index >= 15 is 0 Å². The lowest BCUT2D eigenvalue weighted by Gasteiger charge is -2.52. The summed E-state index contributed by atoms with van der Waals surface area (Å²) in [7, 11) is 6.46. The second kappa shape index (κ2) is 5.22. The van der Waals surface area contributed by atoms with E-state index in [1.165, 1.54) is 19.4 Å². The smallest absolute Gasteiger partial charge is 0.0582 e. The van der Waals surface area contributed by atoms with Crippen molar-refractivity contribution < 1.29 is 9.84 Å². The molecule has 0 aromatic rings. The standard InChI is InChI=1S/C13H26N2O2/c1-14(2)12(13(8-16)9-17-10-13)11-5-4-6-15(3)7-11/h11-12,16H,4-10H2,1-3H3. The molecule has 17 heavy (non-hydrogen) atoms. The van der Waals surface area contributed by atoms with Crippen LogP contribution in [-0.4, -0.2) is 75.0 Å². The summed E-state index contributed by atoms with van der Waals surface area (Å²) in [6.45, 7) is 4.03. The van der Waals surface area contributed by atoms with Gasteiger partial charge in [0.1, 0.15) is 0 Å². The van der Waals surface area contributed by atoms with Crippen LogP contribution in [0.4, 0.5) is 0 Å². The van der Waals surface area contributed by atoms with Crippen LogP contribution in [0.3, 0.4) is 0 Å². The first kappa shape index (κ1) is 13.3. The van der Waals surface area contributed by atoms with Gasteiger partial charge >= 0.3 is 0 Å². The number of rotatable bonds is 4. The summed E-state index contributed by atoms with van der Waals surface area (Å²) in [5, 5.41) is 9.73. The molecule has 2 unspecified atom stereocenters. The Morgan fingerprint density at radius 1 is 1.47 bits per heavy atom. The van der Waals surface area contributed by atoms with E-state index in [0.29, 0.717) is 25.2 Å². The minimum atomic E-state index is -0.0215. The number of piperidine rings is 1. The van der Waals surface area contributed by atoms with E-state index in [9.17, 15) is 5.11 Å². The highest BCUT2D eigenvalue weighted by Gasteiger charge is 2.49. The lowest BCUT2D eigenvalue weighted by Crippen LogP contribution is -2.63. The SMILES string of the molecule is CN1CCCC(C(N(C)C)C2(CO)COC2)C1. The molecule has 2 aliphatic rings. The molecule has 2 aliphatic heterocycles. The van der Waals surface area contributed by atoms with Crippen LogP contribution in [0, 0.1) is 11.3 Å². The maximum Gasteiger partial charge on any atom is 0.0582 e. The predicted molar refractivity (Wildman–Crippen MR) is 68.0 cm³/mol. The van der Waals surface area contributed by atoms with Gasteiger partial charge in [-0.05, 0) is 46.4 Å². The Hall–Kier alpha value is -0.160. The maximum atomic E-state index is 9.73. The van der Waals surface area contributed by atoms with E-state index in [0.717, 1.165) is 6.54 Å². The largest absolute Gasteiger partial charge is 0.396 e. The Morgan fingerprint density at radius 3 is 2.59 bits per heavy atom. The van der Waals surface area contributed by atoms with Crippen LogP contribution in [0.5, 0.6) is 0 Å². The van der Waals surface area contributed by atoms with Crippen LogP contribution in [0.1, 0.15) is 12.8 Å². The predicted octanol–water partition coefficient (Wildman–Crippen LogP) is 0.267. The molecular formula is C13H26N2O2. The van der Waals surface area contributed by atoms with Gasteiger partial charge in [0.05, 0.1) is 25.2 Å². The molecule has 0 aliphatic carbocycles. The molecule has 1 N–H and O–H groups in total. The highest BCUT2D eigenvalue weighted by atomic mass is 16.5. The Kier molecular flexibility index (Phi) is 4.08. The number of ether oxygens (including phenoxy) is 1. The van der Waals surface area contributed by atoms with Crippen molar-refractivity contribution in [2.24, 2.45) is 11.3 Å². The molecule has 2 atom stereocenters. The van der Waals surface area contributed by atoms with E-state index < -0.39 is 0 Å². The monoisotopic (exact) mass is 242 g/mol. The van der Waals surface area contributed by atoms with Crippen LogP contribution in [-0.2, 0) is 4.74 Å². The molecule has 0 bridgehead atoms. The van der Waals surface area contributed by atoms with Crippen molar-refractivity contribution in [2.45, 2.75) is 18.9 Å². The number of hydrogen-bond donors (Lipinski definition) is 1. The minimum absolute atomic E-state index is 0.0215. The van der Waals surface area contributed by atoms with E-state index in [1.54, 1.807) is 0 Å². The highest BCUT2D eigenvalue weighted by Crippen LogP contribution is 2.39. The Balaban J connectivity index is 2.11. The fraction of sp³-hybridized carbons (Fsp3) is 1.00. The second-order valence-electron chi connectivity index (χ2n) is 6.09. The third-order valence-electron chi connectivity index (χ3n) is 4.39. The Labute approximate surface area is 105 Å². The molecule has 2 heterocycles. The zero-order valence-electron chi connectivity index (χ0n) is 11.4. The number of aliphatic hydroxyl groups excluding tert-OH is 1. The molecule has 4 heteroatoms. The van der Waals surface area contributed by atoms with Crippen molar-refractivity contribution in [1.82, 2.24) is 9.80 Å². The lowest BCUT2D eigenvalue weighted by molar-refractivity contribution is -0.184. The number of hydrogen-bond acceptors (Lipinski definition) is 4. The fourth-order valence-corrected chi connectivity index (χ4v) is 3.65. The molecule has 0 aromatic carbocycles. The van der Waals surface area contributed by atoms with Crippen LogP contribution in [0.25, 0.3) is 0 Å². The van der Waals surface area contributed by atoms with Crippen LogP contribution < -0.4 is 0 Å². The maximum absolute atomic E-state index is 9.73. The van der Waals surface area contributed by atoms with Gasteiger partial charge in [0, 0.05) is 12.6 Å². The van der Waals surface area contributed by atoms with Gasteiger partial charge in [-0.3, -0.25) is 0 Å². The van der Waals surface area contributed by atoms with Crippen molar-refractivity contribution in [3.8, 4) is 0 Å². The molecule has 2 fully saturated rings. The van der Waals surface area contributed by atoms with Gasteiger partial charge in [0.2, 0.25) is 0 Å². The summed E-state index contributed by atoms with van der Waals surface area (Å²) in [4.78, 5) is 4.71. The minimum Gasteiger partial charge on any atom is -0.396 e. The first-order valence-corrected chi connectivity index (χ1v) is 6.63. The molecule has 0 spiro atoms. The molecule has 0 radical (unpaired) electrons. The van der Waals surface area contributed by atoms with Crippen LogP contribution in [0.2, 0.25) is 0 Å². The summed E-state index contributed by atoms with van der Waals surface area (Å²) in [6, 6.07) is 0.434. The van der Waals surface area contributed by atoms with Gasteiger partial charge in [-0.2, -0.15) is 0 Å². The van der Waals surface area contributed by atoms with Crippen molar-refractivity contribution in [2.75, 3.05) is 54.1 Å². The van der Waals surface area contributed by atoms with Crippen LogP contribution >= 0.6 is 0 Å². The number of nitrogens with zero attached hydrogens (tertiary/aromatic N) is 2.